The van der Waals surface area contributed by atoms with E-state index in [1.165, 1.54) is 13.0 Å². The molecule has 0 saturated carbocycles. The monoisotopic (exact) mass is 346 g/mol. The van der Waals surface area contributed by atoms with Crippen molar-refractivity contribution in [3.8, 4) is 6.07 Å². The highest BCUT2D eigenvalue weighted by molar-refractivity contribution is 6.76. The summed E-state index contributed by atoms with van der Waals surface area (Å²) in [6, 6.07) is 2.72. The van der Waals surface area contributed by atoms with E-state index in [-0.39, 0.29) is 11.5 Å². The van der Waals surface area contributed by atoms with Crippen LogP contribution in [0.1, 0.15) is 13.8 Å². The van der Waals surface area contributed by atoms with Gasteiger partial charge in [-0.1, -0.05) is 38.4 Å². The smallest absolute Gasteiger partial charge is 0.348 e. The molecule has 0 bridgehead atoms. The zero-order valence-corrected chi connectivity index (χ0v) is 16.1. The summed E-state index contributed by atoms with van der Waals surface area (Å²) < 4.78 is 5.17. The fourth-order valence-electron chi connectivity index (χ4n) is 1.52. The summed E-state index contributed by atoms with van der Waals surface area (Å²) in [7, 11) is -1.29. The molecule has 0 saturated heterocycles. The molecule has 0 aliphatic rings. The molecule has 0 rings (SSSR count). The summed E-state index contributed by atoms with van der Waals surface area (Å²) in [5.41, 5.74) is 1.00. The van der Waals surface area contributed by atoms with Gasteiger partial charge in [-0.25, -0.2) is 4.79 Å². The number of amides is 1. The second kappa shape index (κ2) is 10.4. The van der Waals surface area contributed by atoms with E-state index in [1.54, 1.807) is 25.2 Å². The Morgan fingerprint density at radius 2 is 1.92 bits per heavy atom. The Labute approximate surface area is 145 Å². The van der Waals surface area contributed by atoms with E-state index in [2.05, 4.69) is 31.5 Å². The minimum absolute atomic E-state index is 0.0616. The first-order valence-electron chi connectivity index (χ1n) is 7.69. The van der Waals surface area contributed by atoms with Gasteiger partial charge in [0, 0.05) is 20.7 Å². The van der Waals surface area contributed by atoms with Crippen LogP contribution in [-0.2, 0) is 14.3 Å². The van der Waals surface area contributed by atoms with Crippen LogP contribution >= 0.6 is 0 Å². The first-order chi connectivity index (χ1) is 11.1. The number of rotatable bonds is 8. The van der Waals surface area contributed by atoms with E-state index in [0.29, 0.717) is 17.9 Å². The number of hydrogen-bond donors (Lipinski definition) is 1. The Kier molecular flexibility index (Phi) is 9.36. The Hall–Kier alpha value is -2.39. The van der Waals surface area contributed by atoms with Crippen LogP contribution in [0.4, 0.5) is 0 Å². The third-order valence-electron chi connectivity index (χ3n) is 2.88. The van der Waals surface area contributed by atoms with Gasteiger partial charge in [0.05, 0.1) is 6.61 Å². The number of nitriles is 1. The lowest BCUT2D eigenvalue weighted by molar-refractivity contribution is -0.138. The maximum absolute atomic E-state index is 12.0. The van der Waals surface area contributed by atoms with Crippen molar-refractivity contribution in [1.29, 1.82) is 5.26 Å². The lowest BCUT2D eigenvalue weighted by Gasteiger charge is -2.15. The second-order valence-corrected chi connectivity index (χ2v) is 12.1. The summed E-state index contributed by atoms with van der Waals surface area (Å²) in [6.45, 7) is 13.7. The number of hydrogen-bond acceptors (Lipinski definition) is 4. The molecule has 0 fully saturated rings. The average Bonchev–Trinajstić information content (AvgIpc) is 2.45. The van der Waals surface area contributed by atoms with Crippen LogP contribution in [0.25, 0.3) is 0 Å². The number of carbonyl (C=O) groups is 2. The molecule has 24 heavy (non-hydrogen) atoms. The lowest BCUT2D eigenvalue weighted by atomic mass is 10.1. The predicted molar refractivity (Wildman–Crippen MR) is 98.7 cm³/mol. The van der Waals surface area contributed by atoms with Crippen molar-refractivity contribution in [3.63, 3.8) is 0 Å². The predicted octanol–water partition coefficient (Wildman–Crippen LogP) is 3.47. The molecule has 0 radical (unpaired) electrons. The van der Waals surface area contributed by atoms with Gasteiger partial charge >= 0.3 is 5.97 Å². The summed E-state index contributed by atoms with van der Waals surface area (Å²) in [5.74, 6) is -0.838. The Morgan fingerprint density at radius 3 is 2.38 bits per heavy atom. The molecular weight excluding hydrogens is 320 g/mol. The van der Waals surface area contributed by atoms with E-state index in [4.69, 9.17) is 10.00 Å². The van der Waals surface area contributed by atoms with Crippen molar-refractivity contribution >= 4 is 20.0 Å². The lowest BCUT2D eigenvalue weighted by Crippen LogP contribution is -2.23. The maximum Gasteiger partial charge on any atom is 0.348 e. The van der Waals surface area contributed by atoms with Crippen molar-refractivity contribution in [2.45, 2.75) is 39.5 Å². The first-order valence-corrected chi connectivity index (χ1v) is 11.4. The molecule has 0 unspecified atom stereocenters. The van der Waals surface area contributed by atoms with Gasteiger partial charge in [-0.15, -0.1) is 0 Å². The first kappa shape index (κ1) is 21.6. The molecule has 5 nitrogen and oxygen atoms in total. The van der Waals surface area contributed by atoms with E-state index in [0.717, 1.165) is 6.04 Å². The third-order valence-corrected chi connectivity index (χ3v) is 4.59. The minimum Gasteiger partial charge on any atom is -0.462 e. The van der Waals surface area contributed by atoms with Gasteiger partial charge in [0.25, 0.3) is 0 Å². The number of ether oxygens (including phenoxy) is 1. The topological polar surface area (TPSA) is 79.2 Å². The highest BCUT2D eigenvalue weighted by Crippen LogP contribution is 2.10. The van der Waals surface area contributed by atoms with Gasteiger partial charge in [0.15, 0.2) is 0 Å². The number of nitrogens with zero attached hydrogens (tertiary/aromatic N) is 1. The van der Waals surface area contributed by atoms with Crippen LogP contribution in [0, 0.1) is 11.3 Å². The van der Waals surface area contributed by atoms with Crippen LogP contribution in [-0.4, -0.2) is 26.6 Å². The largest absolute Gasteiger partial charge is 0.462 e. The average molecular weight is 347 g/mol. The summed E-state index contributed by atoms with van der Waals surface area (Å²) in [5, 5.41) is 11.7. The fourth-order valence-corrected chi connectivity index (χ4v) is 2.24. The second-order valence-electron chi connectivity index (χ2n) is 6.44. The summed E-state index contributed by atoms with van der Waals surface area (Å²) >= 11 is 0. The van der Waals surface area contributed by atoms with Gasteiger partial charge in [-0.2, -0.15) is 5.26 Å². The van der Waals surface area contributed by atoms with Crippen LogP contribution in [0.15, 0.2) is 47.7 Å². The third kappa shape index (κ3) is 10.4. The molecular formula is C18H26N2O3Si. The normalized spacial score (nSPS) is 12.7. The molecule has 0 aromatic rings. The fraction of sp³-hybridized carbons (Fsp3) is 0.389. The van der Waals surface area contributed by atoms with E-state index in [9.17, 15) is 9.59 Å². The Balaban J connectivity index is 4.91. The number of esters is 1. The van der Waals surface area contributed by atoms with Crippen LogP contribution in [0.5, 0.6) is 0 Å². The number of nitrogens with one attached hydrogen (secondary N) is 1. The zero-order chi connectivity index (χ0) is 18.8. The highest BCUT2D eigenvalue weighted by Gasteiger charge is 2.16. The van der Waals surface area contributed by atoms with Crippen LogP contribution in [0.2, 0.25) is 25.7 Å². The van der Waals surface area contributed by atoms with E-state index < -0.39 is 14.0 Å². The van der Waals surface area contributed by atoms with Crippen molar-refractivity contribution in [3.05, 3.63) is 47.7 Å². The molecule has 0 aliphatic heterocycles. The van der Waals surface area contributed by atoms with Gasteiger partial charge in [-0.3, -0.25) is 4.79 Å². The maximum atomic E-state index is 12.0. The molecule has 0 aromatic carbocycles. The molecule has 0 atom stereocenters. The number of allylic oxidation sites excluding steroid dienone is 5. The standard InChI is InChI=1S/C18H26N2O3Si/c1-7-16(9-8-14(2)20-15(3)21)12-17(13-19)18(22)23-10-11-24(4,5)6/h7-9,12H,2,10-11H2,1,3-6H3,(H,20,21)/b9-8-,16-7+,17-12+. The van der Waals surface area contributed by atoms with Crippen LogP contribution < -0.4 is 5.32 Å². The van der Waals surface area contributed by atoms with E-state index in [1.807, 2.05) is 6.07 Å². The molecule has 1 N–H and O–H groups in total. The molecule has 0 aliphatic carbocycles. The minimum atomic E-state index is -1.29. The summed E-state index contributed by atoms with van der Waals surface area (Å²) in [6.07, 6.45) is 6.45. The molecule has 1 amide bonds. The Morgan fingerprint density at radius 1 is 1.29 bits per heavy atom. The molecule has 0 spiro atoms. The van der Waals surface area contributed by atoms with Gasteiger partial charge in [-0.05, 0) is 30.7 Å². The number of carbonyl (C=O) groups excluding carboxylic acids is 2. The van der Waals surface area contributed by atoms with Crippen molar-refractivity contribution in [1.82, 2.24) is 5.32 Å². The van der Waals surface area contributed by atoms with Crippen molar-refractivity contribution in [2.24, 2.45) is 0 Å². The zero-order valence-electron chi connectivity index (χ0n) is 15.1. The van der Waals surface area contributed by atoms with Gasteiger partial charge in [0.1, 0.15) is 11.6 Å². The molecule has 6 heteroatoms. The van der Waals surface area contributed by atoms with Crippen molar-refractivity contribution in [2.75, 3.05) is 6.61 Å². The summed E-state index contributed by atoms with van der Waals surface area (Å²) in [4.78, 5) is 22.9. The van der Waals surface area contributed by atoms with E-state index >= 15 is 0 Å². The van der Waals surface area contributed by atoms with Crippen molar-refractivity contribution < 1.29 is 14.3 Å². The molecule has 0 heterocycles. The Bertz CT molecular complexity index is 617. The SMILES string of the molecule is C=C(\C=C/C(=C\C)/C=C(\C#N)C(=O)OCC[Si](C)(C)C)NC(C)=O. The van der Waals surface area contributed by atoms with Gasteiger partial charge in [0.2, 0.25) is 5.91 Å². The van der Waals surface area contributed by atoms with Crippen LogP contribution in [0.3, 0.4) is 0 Å². The highest BCUT2D eigenvalue weighted by atomic mass is 28.3. The molecule has 0 aromatic heterocycles. The quantitative estimate of drug-likeness (QED) is 0.240. The molecule has 130 valence electrons. The van der Waals surface area contributed by atoms with Gasteiger partial charge < -0.3 is 10.1 Å².